The first-order valence-corrected chi connectivity index (χ1v) is 6.54. The van der Waals surface area contributed by atoms with Gasteiger partial charge in [-0.2, -0.15) is 0 Å². The van der Waals surface area contributed by atoms with E-state index in [-0.39, 0.29) is 18.3 Å². The predicted molar refractivity (Wildman–Crippen MR) is 83.0 cm³/mol. The first-order chi connectivity index (χ1) is 8.52. The molecule has 0 aliphatic rings. The normalized spacial score (nSPS) is 10.7. The van der Waals surface area contributed by atoms with Crippen molar-refractivity contribution < 1.29 is 4.79 Å². The summed E-state index contributed by atoms with van der Waals surface area (Å²) in [6, 6.07) is 8.29. The third kappa shape index (κ3) is 4.84. The van der Waals surface area contributed by atoms with Crippen molar-refractivity contribution in [2.45, 2.75) is 32.6 Å². The van der Waals surface area contributed by atoms with Gasteiger partial charge in [0, 0.05) is 13.1 Å². The second-order valence-electron chi connectivity index (χ2n) is 5.03. The Morgan fingerprint density at radius 3 is 2.21 bits per heavy atom. The summed E-state index contributed by atoms with van der Waals surface area (Å²) < 4.78 is 0. The number of rotatable bonds is 6. The van der Waals surface area contributed by atoms with Gasteiger partial charge < -0.3 is 10.6 Å². The van der Waals surface area contributed by atoms with Crippen LogP contribution in [0.3, 0.4) is 0 Å². The number of hydrogen-bond acceptors (Lipinski definition) is 2. The van der Waals surface area contributed by atoms with E-state index in [1.165, 1.54) is 5.56 Å². The highest BCUT2D eigenvalue weighted by Crippen LogP contribution is 2.23. The number of carbonyl (C=O) groups is 1. The Bertz CT molecular complexity index is 388. The largest absolute Gasteiger partial charge is 0.354 e. The maximum absolute atomic E-state index is 12.2. The lowest BCUT2D eigenvalue weighted by Gasteiger charge is -2.24. The summed E-state index contributed by atoms with van der Waals surface area (Å²) >= 11 is 0. The minimum atomic E-state index is -0.486. The van der Waals surface area contributed by atoms with Crippen LogP contribution in [0.1, 0.15) is 31.9 Å². The average Bonchev–Trinajstić information content (AvgIpc) is 2.39. The molecule has 0 aliphatic heterocycles. The molecule has 1 aromatic carbocycles. The SMILES string of the molecule is CCc1ccc(C(C)(C)C(=O)NCCNC)cc1.Cl. The summed E-state index contributed by atoms with van der Waals surface area (Å²) in [4.78, 5) is 12.2. The maximum atomic E-state index is 12.2. The van der Waals surface area contributed by atoms with E-state index in [9.17, 15) is 4.79 Å². The van der Waals surface area contributed by atoms with E-state index in [1.807, 2.05) is 20.9 Å². The van der Waals surface area contributed by atoms with Crippen LogP contribution in [0.15, 0.2) is 24.3 Å². The molecule has 19 heavy (non-hydrogen) atoms. The zero-order valence-corrected chi connectivity index (χ0v) is 13.1. The molecule has 0 saturated carbocycles. The lowest BCUT2D eigenvalue weighted by Crippen LogP contribution is -2.42. The number of benzene rings is 1. The maximum Gasteiger partial charge on any atom is 0.230 e. The fourth-order valence-corrected chi connectivity index (χ4v) is 1.81. The summed E-state index contributed by atoms with van der Waals surface area (Å²) in [6.07, 6.45) is 1.02. The first-order valence-electron chi connectivity index (χ1n) is 6.54. The van der Waals surface area contributed by atoms with E-state index in [1.54, 1.807) is 0 Å². The quantitative estimate of drug-likeness (QED) is 0.787. The Hall–Kier alpha value is -1.06. The Labute approximate surface area is 122 Å². The van der Waals surface area contributed by atoms with Crippen LogP contribution in [0.25, 0.3) is 0 Å². The number of aryl methyl sites for hydroxylation is 1. The van der Waals surface area contributed by atoms with Gasteiger partial charge >= 0.3 is 0 Å². The number of hydrogen-bond donors (Lipinski definition) is 2. The molecule has 0 fully saturated rings. The third-order valence-corrected chi connectivity index (χ3v) is 3.31. The van der Waals surface area contributed by atoms with Crippen LogP contribution in [0, 0.1) is 0 Å². The number of carbonyl (C=O) groups excluding carboxylic acids is 1. The summed E-state index contributed by atoms with van der Waals surface area (Å²) in [5.41, 5.74) is 1.87. The zero-order chi connectivity index (χ0) is 13.6. The molecule has 108 valence electrons. The van der Waals surface area contributed by atoms with Crippen LogP contribution < -0.4 is 10.6 Å². The summed E-state index contributed by atoms with van der Waals surface area (Å²) in [5, 5.41) is 5.96. The zero-order valence-electron chi connectivity index (χ0n) is 12.2. The van der Waals surface area contributed by atoms with Gasteiger partial charge in [0.05, 0.1) is 5.41 Å². The van der Waals surface area contributed by atoms with E-state index < -0.39 is 5.41 Å². The molecule has 0 atom stereocenters. The van der Waals surface area contributed by atoms with Crippen molar-refractivity contribution in [1.29, 1.82) is 0 Å². The smallest absolute Gasteiger partial charge is 0.230 e. The monoisotopic (exact) mass is 284 g/mol. The Balaban J connectivity index is 0.00000324. The standard InChI is InChI=1S/C15H24N2O.ClH/c1-5-12-6-8-13(9-7-12)15(2,3)14(18)17-11-10-16-4;/h6-9,16H,5,10-11H2,1-4H3,(H,17,18);1H. The molecule has 0 aliphatic carbocycles. The molecule has 0 unspecified atom stereocenters. The number of likely N-dealkylation sites (N-methyl/N-ethyl adjacent to an activating group) is 1. The summed E-state index contributed by atoms with van der Waals surface area (Å²) in [5.74, 6) is 0.0713. The lowest BCUT2D eigenvalue weighted by atomic mass is 9.83. The molecule has 0 aromatic heterocycles. The third-order valence-electron chi connectivity index (χ3n) is 3.31. The van der Waals surface area contributed by atoms with Gasteiger partial charge in [0.2, 0.25) is 5.91 Å². The highest BCUT2D eigenvalue weighted by Gasteiger charge is 2.29. The summed E-state index contributed by atoms with van der Waals surface area (Å²) in [7, 11) is 1.88. The van der Waals surface area contributed by atoms with Gasteiger partial charge in [-0.25, -0.2) is 0 Å². The molecule has 0 bridgehead atoms. The average molecular weight is 285 g/mol. The van der Waals surface area contributed by atoms with Crippen molar-refractivity contribution in [3.05, 3.63) is 35.4 Å². The van der Waals surface area contributed by atoms with Crippen LogP contribution in [0.5, 0.6) is 0 Å². The topological polar surface area (TPSA) is 41.1 Å². The highest BCUT2D eigenvalue weighted by molar-refractivity contribution is 5.87. The lowest BCUT2D eigenvalue weighted by molar-refractivity contribution is -0.125. The molecular formula is C15H25ClN2O. The van der Waals surface area contributed by atoms with Gasteiger partial charge in [-0.1, -0.05) is 31.2 Å². The molecule has 4 heteroatoms. The molecule has 0 radical (unpaired) electrons. The second kappa shape index (κ2) is 8.18. The van der Waals surface area contributed by atoms with E-state index >= 15 is 0 Å². The van der Waals surface area contributed by atoms with Crippen LogP contribution >= 0.6 is 12.4 Å². The molecule has 0 spiro atoms. The molecular weight excluding hydrogens is 260 g/mol. The minimum Gasteiger partial charge on any atom is -0.354 e. The van der Waals surface area contributed by atoms with Crippen molar-refractivity contribution in [3.63, 3.8) is 0 Å². The van der Waals surface area contributed by atoms with Crippen molar-refractivity contribution >= 4 is 18.3 Å². The second-order valence-corrected chi connectivity index (χ2v) is 5.03. The summed E-state index contributed by atoms with van der Waals surface area (Å²) in [6.45, 7) is 7.50. The highest BCUT2D eigenvalue weighted by atomic mass is 35.5. The molecule has 2 N–H and O–H groups in total. The van der Waals surface area contributed by atoms with E-state index in [4.69, 9.17) is 0 Å². The van der Waals surface area contributed by atoms with Crippen LogP contribution in [0.2, 0.25) is 0 Å². The Morgan fingerprint density at radius 1 is 1.16 bits per heavy atom. The van der Waals surface area contributed by atoms with E-state index in [2.05, 4.69) is 41.8 Å². The number of amides is 1. The van der Waals surface area contributed by atoms with Gasteiger partial charge in [0.25, 0.3) is 0 Å². The fourth-order valence-electron chi connectivity index (χ4n) is 1.81. The predicted octanol–water partition coefficient (Wildman–Crippen LogP) is 2.28. The van der Waals surface area contributed by atoms with Crippen molar-refractivity contribution in [1.82, 2.24) is 10.6 Å². The van der Waals surface area contributed by atoms with E-state index in [0.29, 0.717) is 6.54 Å². The van der Waals surface area contributed by atoms with Crippen molar-refractivity contribution in [3.8, 4) is 0 Å². The molecule has 0 heterocycles. The Kier molecular flexibility index (Phi) is 7.72. The number of nitrogens with one attached hydrogen (secondary N) is 2. The number of halogens is 1. The minimum absolute atomic E-state index is 0. The molecule has 1 aromatic rings. The van der Waals surface area contributed by atoms with Gasteiger partial charge in [0.15, 0.2) is 0 Å². The van der Waals surface area contributed by atoms with Gasteiger partial charge in [-0.05, 0) is 38.4 Å². The Morgan fingerprint density at radius 2 is 1.74 bits per heavy atom. The van der Waals surface area contributed by atoms with Crippen LogP contribution in [0.4, 0.5) is 0 Å². The van der Waals surface area contributed by atoms with Crippen molar-refractivity contribution in [2.24, 2.45) is 0 Å². The van der Waals surface area contributed by atoms with Crippen LogP contribution in [-0.4, -0.2) is 26.0 Å². The molecule has 0 saturated heterocycles. The van der Waals surface area contributed by atoms with E-state index in [0.717, 1.165) is 18.5 Å². The van der Waals surface area contributed by atoms with Gasteiger partial charge in [-0.3, -0.25) is 4.79 Å². The van der Waals surface area contributed by atoms with Gasteiger partial charge in [0.1, 0.15) is 0 Å². The fraction of sp³-hybridized carbons (Fsp3) is 0.533. The first kappa shape index (κ1) is 17.9. The molecule has 1 amide bonds. The molecule has 3 nitrogen and oxygen atoms in total. The van der Waals surface area contributed by atoms with Gasteiger partial charge in [-0.15, -0.1) is 12.4 Å². The van der Waals surface area contributed by atoms with Crippen molar-refractivity contribution in [2.75, 3.05) is 20.1 Å². The molecule has 1 rings (SSSR count). The van der Waals surface area contributed by atoms with Crippen LogP contribution in [-0.2, 0) is 16.6 Å².